The van der Waals surface area contributed by atoms with Crippen LogP contribution < -0.4 is 0 Å². The van der Waals surface area contributed by atoms with Crippen LogP contribution in [-0.2, 0) is 14.3 Å². The van der Waals surface area contributed by atoms with Gasteiger partial charge in [0.1, 0.15) is 6.61 Å². The van der Waals surface area contributed by atoms with Crippen LogP contribution in [0.4, 0.5) is 0 Å². The molecule has 74 valence electrons. The quantitative estimate of drug-likeness (QED) is 0.686. The van der Waals surface area contributed by atoms with Crippen LogP contribution in [0.5, 0.6) is 0 Å². The third kappa shape index (κ3) is 22.8. The second-order valence-corrected chi connectivity index (χ2v) is 1.81. The number of carbonyl (C=O) groups is 1. The Morgan fingerprint density at radius 1 is 1.08 bits per heavy atom. The van der Waals surface area contributed by atoms with Gasteiger partial charge in [-0.1, -0.05) is 0 Å². The number of carboxylic acid groups (broad SMARTS) is 1. The van der Waals surface area contributed by atoms with Crippen LogP contribution >= 0.6 is 0 Å². The summed E-state index contributed by atoms with van der Waals surface area (Å²) in [6.45, 7) is 7.70. The Kier molecular flexibility index (Phi) is 15.1. The van der Waals surface area contributed by atoms with Gasteiger partial charge in [0.25, 0.3) is 0 Å². The lowest BCUT2D eigenvalue weighted by atomic mass is 10.7. The standard InChI is InChI=1S/C4H8O3.C4H10O/c1-2-7-3-4(5)6;1-3-5-4-2/h2-3H2,1H3,(H,5,6);3-4H2,1-2H3. The van der Waals surface area contributed by atoms with Crippen molar-refractivity contribution < 1.29 is 19.4 Å². The zero-order valence-electron chi connectivity index (χ0n) is 8.00. The number of ether oxygens (including phenoxy) is 2. The number of carboxylic acids is 1. The van der Waals surface area contributed by atoms with Gasteiger partial charge >= 0.3 is 5.97 Å². The van der Waals surface area contributed by atoms with Gasteiger partial charge in [0.2, 0.25) is 0 Å². The first-order valence-electron chi connectivity index (χ1n) is 4.06. The van der Waals surface area contributed by atoms with E-state index in [4.69, 9.17) is 9.84 Å². The van der Waals surface area contributed by atoms with Gasteiger partial charge in [-0.05, 0) is 20.8 Å². The van der Waals surface area contributed by atoms with Crippen molar-refractivity contribution in [2.24, 2.45) is 0 Å². The van der Waals surface area contributed by atoms with Crippen molar-refractivity contribution >= 4 is 5.97 Å². The van der Waals surface area contributed by atoms with E-state index in [1.54, 1.807) is 6.92 Å². The average molecular weight is 178 g/mol. The summed E-state index contributed by atoms with van der Waals surface area (Å²) in [7, 11) is 0. The van der Waals surface area contributed by atoms with Crippen LogP contribution in [0.3, 0.4) is 0 Å². The minimum Gasteiger partial charge on any atom is -0.480 e. The third-order valence-electron chi connectivity index (χ3n) is 0.838. The van der Waals surface area contributed by atoms with Gasteiger partial charge in [-0.2, -0.15) is 0 Å². The van der Waals surface area contributed by atoms with Crippen molar-refractivity contribution in [3.05, 3.63) is 0 Å². The largest absolute Gasteiger partial charge is 0.480 e. The predicted molar refractivity (Wildman–Crippen MR) is 46.3 cm³/mol. The Balaban J connectivity index is 0. The molecule has 4 nitrogen and oxygen atoms in total. The average Bonchev–Trinajstić information content (AvgIpc) is 2.03. The molecule has 1 N–H and O–H groups in total. The molecular formula is C8H18O4. The van der Waals surface area contributed by atoms with Crippen molar-refractivity contribution in [1.29, 1.82) is 0 Å². The highest BCUT2D eigenvalue weighted by atomic mass is 16.5. The highest BCUT2D eigenvalue weighted by Gasteiger charge is 1.90. The molecule has 0 amide bonds. The molecule has 0 saturated carbocycles. The fourth-order valence-electron chi connectivity index (χ4n) is 0.393. The summed E-state index contributed by atoms with van der Waals surface area (Å²) in [4.78, 5) is 9.63. The second kappa shape index (κ2) is 13.0. The molecule has 0 aliphatic rings. The molecule has 0 bridgehead atoms. The first-order chi connectivity index (χ1) is 5.68. The van der Waals surface area contributed by atoms with Crippen LogP contribution in [0.1, 0.15) is 20.8 Å². The lowest BCUT2D eigenvalue weighted by molar-refractivity contribution is -0.142. The Hall–Kier alpha value is -0.610. The molecule has 0 rings (SSSR count). The molecule has 0 atom stereocenters. The normalized spacial score (nSPS) is 8.58. The smallest absolute Gasteiger partial charge is 0.329 e. The van der Waals surface area contributed by atoms with Gasteiger partial charge in [0, 0.05) is 19.8 Å². The van der Waals surface area contributed by atoms with E-state index in [2.05, 4.69) is 4.74 Å². The minimum atomic E-state index is -0.915. The van der Waals surface area contributed by atoms with E-state index in [9.17, 15) is 4.79 Å². The fourth-order valence-corrected chi connectivity index (χ4v) is 0.393. The molecule has 0 aliphatic carbocycles. The first-order valence-corrected chi connectivity index (χ1v) is 4.06. The summed E-state index contributed by atoms with van der Waals surface area (Å²) in [5.74, 6) is -0.915. The molecule has 0 heterocycles. The van der Waals surface area contributed by atoms with E-state index in [0.717, 1.165) is 13.2 Å². The molecule has 0 aliphatic heterocycles. The summed E-state index contributed by atoms with van der Waals surface area (Å²) in [6, 6.07) is 0. The van der Waals surface area contributed by atoms with Crippen LogP contribution in [-0.4, -0.2) is 37.5 Å². The third-order valence-corrected chi connectivity index (χ3v) is 0.838. The topological polar surface area (TPSA) is 55.8 Å². The lowest BCUT2D eigenvalue weighted by Crippen LogP contribution is -2.05. The van der Waals surface area contributed by atoms with Crippen LogP contribution in [0.15, 0.2) is 0 Å². The molecular weight excluding hydrogens is 160 g/mol. The lowest BCUT2D eigenvalue weighted by Gasteiger charge is -1.90. The van der Waals surface area contributed by atoms with Crippen molar-refractivity contribution in [2.45, 2.75) is 20.8 Å². The highest BCUT2D eigenvalue weighted by molar-refractivity contribution is 5.67. The zero-order valence-corrected chi connectivity index (χ0v) is 8.00. The number of aliphatic carboxylic acids is 1. The number of hydrogen-bond donors (Lipinski definition) is 1. The number of hydrogen-bond acceptors (Lipinski definition) is 3. The maximum Gasteiger partial charge on any atom is 0.329 e. The monoisotopic (exact) mass is 178 g/mol. The summed E-state index contributed by atoms with van der Waals surface area (Å²) < 4.78 is 9.33. The van der Waals surface area contributed by atoms with E-state index in [0.29, 0.717) is 6.61 Å². The molecule has 4 heteroatoms. The first kappa shape index (κ1) is 13.9. The zero-order chi connectivity index (χ0) is 9.82. The molecule has 0 spiro atoms. The second-order valence-electron chi connectivity index (χ2n) is 1.81. The van der Waals surface area contributed by atoms with E-state index in [1.165, 1.54) is 0 Å². The molecule has 0 fully saturated rings. The Labute approximate surface area is 73.5 Å². The molecule has 0 saturated heterocycles. The minimum absolute atomic E-state index is 0.184. The van der Waals surface area contributed by atoms with Crippen molar-refractivity contribution in [3.63, 3.8) is 0 Å². The number of rotatable bonds is 5. The predicted octanol–water partition coefficient (Wildman–Crippen LogP) is 1.15. The molecule has 0 aromatic rings. The van der Waals surface area contributed by atoms with Crippen molar-refractivity contribution in [3.8, 4) is 0 Å². The molecule has 0 aromatic heterocycles. The Morgan fingerprint density at radius 3 is 1.58 bits per heavy atom. The van der Waals surface area contributed by atoms with Crippen molar-refractivity contribution in [2.75, 3.05) is 26.4 Å². The van der Waals surface area contributed by atoms with Crippen LogP contribution in [0.2, 0.25) is 0 Å². The maximum absolute atomic E-state index is 9.63. The molecule has 12 heavy (non-hydrogen) atoms. The Bertz CT molecular complexity index is 91.1. The van der Waals surface area contributed by atoms with E-state index in [1.807, 2.05) is 13.8 Å². The van der Waals surface area contributed by atoms with Crippen LogP contribution in [0, 0.1) is 0 Å². The summed E-state index contributed by atoms with van der Waals surface area (Å²) in [5.41, 5.74) is 0. The van der Waals surface area contributed by atoms with E-state index in [-0.39, 0.29) is 6.61 Å². The Morgan fingerprint density at radius 2 is 1.50 bits per heavy atom. The van der Waals surface area contributed by atoms with Gasteiger partial charge in [-0.3, -0.25) is 0 Å². The molecule has 0 aromatic carbocycles. The fraction of sp³-hybridized carbons (Fsp3) is 0.875. The SMILES string of the molecule is CCOCC.CCOCC(=O)O. The summed E-state index contributed by atoms with van der Waals surface area (Å²) in [5, 5.41) is 7.92. The van der Waals surface area contributed by atoms with Gasteiger partial charge in [0.05, 0.1) is 0 Å². The highest BCUT2D eigenvalue weighted by Crippen LogP contribution is 1.69. The van der Waals surface area contributed by atoms with Gasteiger partial charge < -0.3 is 14.6 Å². The maximum atomic E-state index is 9.63. The van der Waals surface area contributed by atoms with Gasteiger partial charge in [-0.25, -0.2) is 4.79 Å². The van der Waals surface area contributed by atoms with Gasteiger partial charge in [-0.15, -0.1) is 0 Å². The van der Waals surface area contributed by atoms with E-state index >= 15 is 0 Å². The molecule has 0 unspecified atom stereocenters. The summed E-state index contributed by atoms with van der Waals surface area (Å²) >= 11 is 0. The molecule has 0 radical (unpaired) electrons. The van der Waals surface area contributed by atoms with Crippen molar-refractivity contribution in [1.82, 2.24) is 0 Å². The van der Waals surface area contributed by atoms with E-state index < -0.39 is 5.97 Å². The van der Waals surface area contributed by atoms with Gasteiger partial charge in [0.15, 0.2) is 0 Å². The summed E-state index contributed by atoms with van der Waals surface area (Å²) in [6.07, 6.45) is 0. The van der Waals surface area contributed by atoms with Crippen LogP contribution in [0.25, 0.3) is 0 Å².